The lowest BCUT2D eigenvalue weighted by molar-refractivity contribution is -0.121. The van der Waals surface area contributed by atoms with E-state index in [-0.39, 0.29) is 5.91 Å². The largest absolute Gasteiger partial charge is 0.356 e. The van der Waals surface area contributed by atoms with Gasteiger partial charge in [-0.15, -0.1) is 0 Å². The summed E-state index contributed by atoms with van der Waals surface area (Å²) < 4.78 is 0. The van der Waals surface area contributed by atoms with E-state index >= 15 is 0 Å². The molecule has 1 aliphatic heterocycles. The average molecular weight is 125 g/mol. The van der Waals surface area contributed by atoms with E-state index in [9.17, 15) is 4.79 Å². The van der Waals surface area contributed by atoms with Crippen LogP contribution in [0, 0.1) is 17.3 Å². The summed E-state index contributed by atoms with van der Waals surface area (Å²) in [5.41, 5.74) is 0.322. The quantitative estimate of drug-likeness (QED) is 0.498. The third kappa shape index (κ3) is 0.443. The summed E-state index contributed by atoms with van der Waals surface area (Å²) >= 11 is 0. The van der Waals surface area contributed by atoms with Crippen molar-refractivity contribution in [2.45, 2.75) is 13.8 Å². The third-order valence-corrected chi connectivity index (χ3v) is 2.83. The predicted molar refractivity (Wildman–Crippen MR) is 33.8 cm³/mol. The van der Waals surface area contributed by atoms with E-state index in [1.165, 1.54) is 0 Å². The van der Waals surface area contributed by atoms with Crippen molar-refractivity contribution in [1.82, 2.24) is 5.32 Å². The molecule has 9 heavy (non-hydrogen) atoms. The molecule has 1 N–H and O–H groups in total. The van der Waals surface area contributed by atoms with Crippen LogP contribution in [0.2, 0.25) is 0 Å². The van der Waals surface area contributed by atoms with Gasteiger partial charge in [-0.25, -0.2) is 0 Å². The summed E-state index contributed by atoms with van der Waals surface area (Å²) in [5, 5.41) is 2.84. The molecule has 2 fully saturated rings. The Morgan fingerprint density at radius 3 is 2.56 bits per heavy atom. The van der Waals surface area contributed by atoms with Crippen LogP contribution in [0.4, 0.5) is 0 Å². The molecule has 1 aliphatic carbocycles. The molecule has 2 rings (SSSR count). The fourth-order valence-corrected chi connectivity index (χ4v) is 1.97. The number of fused-ring (bicyclic) bond motifs is 1. The van der Waals surface area contributed by atoms with Gasteiger partial charge in [0.2, 0.25) is 5.91 Å². The summed E-state index contributed by atoms with van der Waals surface area (Å²) in [6.07, 6.45) is 0. The predicted octanol–water partition coefficient (Wildman–Crippen LogP) is 0.388. The maximum atomic E-state index is 10.9. The number of carbonyl (C=O) groups is 1. The van der Waals surface area contributed by atoms with Crippen molar-refractivity contribution in [2.75, 3.05) is 6.54 Å². The zero-order valence-corrected chi connectivity index (χ0v) is 5.77. The summed E-state index contributed by atoms with van der Waals surface area (Å²) in [6.45, 7) is 5.25. The van der Waals surface area contributed by atoms with Crippen LogP contribution < -0.4 is 5.32 Å². The van der Waals surface area contributed by atoms with Gasteiger partial charge in [0.25, 0.3) is 0 Å². The Kier molecular flexibility index (Phi) is 0.675. The summed E-state index contributed by atoms with van der Waals surface area (Å²) in [4.78, 5) is 10.9. The van der Waals surface area contributed by atoms with Crippen molar-refractivity contribution in [3.05, 3.63) is 0 Å². The minimum Gasteiger partial charge on any atom is -0.356 e. The highest BCUT2D eigenvalue weighted by molar-refractivity contribution is 5.86. The standard InChI is InChI=1S/C7H11NO/c1-7(2)4-3-8-6(9)5(4)7/h4-5H,3H2,1-2H3,(H,8,9). The van der Waals surface area contributed by atoms with E-state index in [1.54, 1.807) is 0 Å². The molecular formula is C7H11NO. The van der Waals surface area contributed by atoms with Crippen molar-refractivity contribution >= 4 is 5.91 Å². The van der Waals surface area contributed by atoms with Crippen LogP contribution >= 0.6 is 0 Å². The second kappa shape index (κ2) is 1.15. The van der Waals surface area contributed by atoms with Gasteiger partial charge in [-0.2, -0.15) is 0 Å². The van der Waals surface area contributed by atoms with Gasteiger partial charge in [0.15, 0.2) is 0 Å². The first-order valence-corrected chi connectivity index (χ1v) is 3.42. The van der Waals surface area contributed by atoms with Crippen molar-refractivity contribution in [2.24, 2.45) is 17.3 Å². The first-order chi connectivity index (χ1) is 4.14. The molecule has 0 spiro atoms. The minimum atomic E-state index is 0.269. The van der Waals surface area contributed by atoms with E-state index in [0.29, 0.717) is 17.3 Å². The SMILES string of the molecule is CC1(C)C2CNC(=O)C21. The van der Waals surface area contributed by atoms with Crippen LogP contribution in [0.3, 0.4) is 0 Å². The summed E-state index contributed by atoms with van der Waals surface area (Å²) in [7, 11) is 0. The Morgan fingerprint density at radius 1 is 1.67 bits per heavy atom. The lowest BCUT2D eigenvalue weighted by atomic mass is 10.1. The van der Waals surface area contributed by atoms with E-state index in [4.69, 9.17) is 0 Å². The molecule has 2 atom stereocenters. The van der Waals surface area contributed by atoms with Gasteiger partial charge in [-0.1, -0.05) is 13.8 Å². The zero-order chi connectivity index (χ0) is 6.65. The number of amides is 1. The van der Waals surface area contributed by atoms with Gasteiger partial charge < -0.3 is 5.32 Å². The zero-order valence-electron chi connectivity index (χ0n) is 5.77. The molecule has 50 valence electrons. The summed E-state index contributed by atoms with van der Waals surface area (Å²) in [6, 6.07) is 0. The van der Waals surface area contributed by atoms with Gasteiger partial charge in [0.1, 0.15) is 0 Å². The lowest BCUT2D eigenvalue weighted by Crippen LogP contribution is -2.24. The molecular weight excluding hydrogens is 114 g/mol. The van der Waals surface area contributed by atoms with E-state index in [0.717, 1.165) is 6.54 Å². The lowest BCUT2D eigenvalue weighted by Gasteiger charge is -2.06. The minimum absolute atomic E-state index is 0.269. The van der Waals surface area contributed by atoms with Crippen molar-refractivity contribution in [1.29, 1.82) is 0 Å². The Morgan fingerprint density at radius 2 is 2.33 bits per heavy atom. The molecule has 0 aromatic carbocycles. The topological polar surface area (TPSA) is 29.1 Å². The first kappa shape index (κ1) is 5.27. The van der Waals surface area contributed by atoms with Crippen LogP contribution in [0.15, 0.2) is 0 Å². The van der Waals surface area contributed by atoms with Crippen LogP contribution in [0.1, 0.15) is 13.8 Å². The molecule has 1 saturated heterocycles. The third-order valence-electron chi connectivity index (χ3n) is 2.83. The Bertz CT molecular complexity index is 174. The normalized spacial score (nSPS) is 44.0. The molecule has 2 nitrogen and oxygen atoms in total. The number of rotatable bonds is 0. The maximum absolute atomic E-state index is 10.9. The van der Waals surface area contributed by atoms with E-state index in [2.05, 4.69) is 19.2 Å². The Balaban J connectivity index is 2.23. The van der Waals surface area contributed by atoms with Crippen LogP contribution in [0.5, 0.6) is 0 Å². The molecule has 1 saturated carbocycles. The molecule has 0 radical (unpaired) electrons. The Hall–Kier alpha value is -0.530. The molecule has 0 bridgehead atoms. The fraction of sp³-hybridized carbons (Fsp3) is 0.857. The first-order valence-electron chi connectivity index (χ1n) is 3.42. The van der Waals surface area contributed by atoms with Crippen molar-refractivity contribution in [3.63, 3.8) is 0 Å². The second-order valence-corrected chi connectivity index (χ2v) is 3.65. The van der Waals surface area contributed by atoms with Gasteiger partial charge in [0, 0.05) is 12.5 Å². The van der Waals surface area contributed by atoms with Crippen LogP contribution in [-0.4, -0.2) is 12.5 Å². The smallest absolute Gasteiger partial charge is 0.224 e. The average Bonchev–Trinajstić information content (AvgIpc) is 2.19. The number of hydrogen-bond donors (Lipinski definition) is 1. The Labute approximate surface area is 54.6 Å². The van der Waals surface area contributed by atoms with Crippen LogP contribution in [-0.2, 0) is 4.79 Å². The van der Waals surface area contributed by atoms with Crippen LogP contribution in [0.25, 0.3) is 0 Å². The fourth-order valence-electron chi connectivity index (χ4n) is 1.97. The molecule has 2 heteroatoms. The monoisotopic (exact) mass is 125 g/mol. The number of nitrogens with one attached hydrogen (secondary N) is 1. The summed E-state index contributed by atoms with van der Waals surface area (Å²) in [5.74, 6) is 1.26. The van der Waals surface area contributed by atoms with Gasteiger partial charge in [-0.05, 0) is 11.3 Å². The second-order valence-electron chi connectivity index (χ2n) is 3.65. The molecule has 2 unspecified atom stereocenters. The highest BCUT2D eigenvalue weighted by atomic mass is 16.2. The van der Waals surface area contributed by atoms with E-state index < -0.39 is 0 Å². The number of hydrogen-bond acceptors (Lipinski definition) is 1. The van der Waals surface area contributed by atoms with Gasteiger partial charge in [-0.3, -0.25) is 4.79 Å². The van der Waals surface area contributed by atoms with Crippen molar-refractivity contribution in [3.8, 4) is 0 Å². The number of carbonyl (C=O) groups excluding carboxylic acids is 1. The molecule has 1 heterocycles. The molecule has 0 aromatic rings. The number of piperidine rings is 1. The van der Waals surface area contributed by atoms with E-state index in [1.807, 2.05) is 0 Å². The van der Waals surface area contributed by atoms with Gasteiger partial charge in [0.05, 0.1) is 0 Å². The molecule has 2 aliphatic rings. The maximum Gasteiger partial charge on any atom is 0.224 e. The van der Waals surface area contributed by atoms with Gasteiger partial charge >= 0.3 is 0 Å². The highest BCUT2D eigenvalue weighted by Gasteiger charge is 2.64. The molecule has 1 amide bonds. The van der Waals surface area contributed by atoms with Crippen molar-refractivity contribution < 1.29 is 4.79 Å². The highest BCUT2D eigenvalue weighted by Crippen LogP contribution is 2.60. The molecule has 0 aromatic heterocycles.